The smallest absolute Gasteiger partial charge is 0.338 e. The number of rotatable bonds is 2. The second-order valence-corrected chi connectivity index (χ2v) is 4.72. The van der Waals surface area contributed by atoms with Crippen LogP contribution in [-0.2, 0) is 4.74 Å². The van der Waals surface area contributed by atoms with Crippen molar-refractivity contribution in [3.63, 3.8) is 0 Å². The zero-order valence-corrected chi connectivity index (χ0v) is 12.0. The summed E-state index contributed by atoms with van der Waals surface area (Å²) in [6.07, 6.45) is 0. The molecule has 0 amide bonds. The van der Waals surface area contributed by atoms with Crippen LogP contribution in [0.4, 0.5) is 0 Å². The SMILES string of the molecule is COC(=O)c1cc(OC)c2nc(Cl)c(Br)cc2c1. The Kier molecular flexibility index (Phi) is 3.73. The lowest BCUT2D eigenvalue weighted by atomic mass is 10.1. The molecule has 6 heteroatoms. The summed E-state index contributed by atoms with van der Waals surface area (Å²) >= 11 is 9.23. The molecule has 0 saturated heterocycles. The molecule has 0 saturated carbocycles. The van der Waals surface area contributed by atoms with Crippen molar-refractivity contribution in [3.05, 3.63) is 33.4 Å². The van der Waals surface area contributed by atoms with Crippen molar-refractivity contribution in [2.45, 2.75) is 0 Å². The van der Waals surface area contributed by atoms with Gasteiger partial charge in [0, 0.05) is 5.39 Å². The van der Waals surface area contributed by atoms with E-state index in [1.807, 2.05) is 0 Å². The molecule has 0 aliphatic rings. The number of carbonyl (C=O) groups is 1. The van der Waals surface area contributed by atoms with Gasteiger partial charge in [-0.25, -0.2) is 9.78 Å². The Morgan fingerprint density at radius 2 is 2.06 bits per heavy atom. The molecule has 1 aromatic carbocycles. The van der Waals surface area contributed by atoms with Crippen LogP contribution >= 0.6 is 27.5 Å². The lowest BCUT2D eigenvalue weighted by molar-refractivity contribution is 0.0600. The molecule has 0 fully saturated rings. The maximum atomic E-state index is 11.5. The zero-order chi connectivity index (χ0) is 13.3. The fourth-order valence-corrected chi connectivity index (χ4v) is 2.07. The second kappa shape index (κ2) is 5.12. The highest BCUT2D eigenvalue weighted by molar-refractivity contribution is 9.10. The van der Waals surface area contributed by atoms with Crippen LogP contribution in [0.2, 0.25) is 5.15 Å². The average Bonchev–Trinajstić information content (AvgIpc) is 2.38. The maximum Gasteiger partial charge on any atom is 0.338 e. The third-order valence-corrected chi connectivity index (χ3v) is 3.56. The number of nitrogens with zero attached hydrogens (tertiary/aromatic N) is 1. The first-order valence-corrected chi connectivity index (χ1v) is 6.16. The molecule has 94 valence electrons. The molecule has 0 aliphatic carbocycles. The molecule has 2 aromatic rings. The first-order valence-electron chi connectivity index (χ1n) is 4.99. The van der Waals surface area contributed by atoms with E-state index in [2.05, 4.69) is 25.7 Å². The summed E-state index contributed by atoms with van der Waals surface area (Å²) in [5, 5.41) is 1.08. The van der Waals surface area contributed by atoms with E-state index >= 15 is 0 Å². The van der Waals surface area contributed by atoms with Crippen LogP contribution in [-0.4, -0.2) is 25.2 Å². The number of hydrogen-bond acceptors (Lipinski definition) is 4. The number of benzene rings is 1. The molecule has 0 radical (unpaired) electrons. The van der Waals surface area contributed by atoms with Gasteiger partial charge in [-0.15, -0.1) is 0 Å². The highest BCUT2D eigenvalue weighted by Crippen LogP contribution is 2.31. The first-order chi connectivity index (χ1) is 8.56. The van der Waals surface area contributed by atoms with Crippen LogP contribution in [0.5, 0.6) is 5.75 Å². The van der Waals surface area contributed by atoms with Crippen molar-refractivity contribution < 1.29 is 14.3 Å². The average molecular weight is 331 g/mol. The third-order valence-electron chi connectivity index (χ3n) is 2.43. The lowest BCUT2D eigenvalue weighted by Gasteiger charge is -2.08. The molecule has 0 spiro atoms. The van der Waals surface area contributed by atoms with E-state index in [1.54, 1.807) is 18.2 Å². The molecule has 0 bridgehead atoms. The van der Waals surface area contributed by atoms with E-state index in [1.165, 1.54) is 14.2 Å². The summed E-state index contributed by atoms with van der Waals surface area (Å²) in [5.74, 6) is 0.0450. The number of carbonyl (C=O) groups excluding carboxylic acids is 1. The summed E-state index contributed by atoms with van der Waals surface area (Å²) < 4.78 is 10.6. The Hall–Kier alpha value is -1.33. The molecular formula is C12H9BrClNO3. The molecule has 2 rings (SSSR count). The molecule has 0 unspecified atom stereocenters. The Labute approximate surface area is 117 Å². The molecular weight excluding hydrogens is 321 g/mol. The van der Waals surface area contributed by atoms with Crippen LogP contribution < -0.4 is 4.74 Å². The van der Waals surface area contributed by atoms with Gasteiger partial charge in [-0.3, -0.25) is 0 Å². The molecule has 4 nitrogen and oxygen atoms in total. The van der Waals surface area contributed by atoms with Gasteiger partial charge in [0.25, 0.3) is 0 Å². The number of aromatic nitrogens is 1. The minimum absolute atomic E-state index is 0.339. The third kappa shape index (κ3) is 2.28. The number of halogens is 2. The Morgan fingerprint density at radius 3 is 2.67 bits per heavy atom. The fraction of sp³-hybridized carbons (Fsp3) is 0.167. The van der Waals surface area contributed by atoms with E-state index < -0.39 is 5.97 Å². The van der Waals surface area contributed by atoms with Gasteiger partial charge in [-0.2, -0.15) is 0 Å². The molecule has 0 atom stereocenters. The van der Waals surface area contributed by atoms with E-state index in [0.717, 1.165) is 5.39 Å². The van der Waals surface area contributed by atoms with Gasteiger partial charge in [0.1, 0.15) is 16.4 Å². The molecule has 0 aliphatic heterocycles. The van der Waals surface area contributed by atoms with Gasteiger partial charge < -0.3 is 9.47 Å². The van der Waals surface area contributed by atoms with Crippen molar-refractivity contribution in [2.75, 3.05) is 14.2 Å². The summed E-state index contributed by atoms with van der Waals surface area (Å²) in [4.78, 5) is 15.8. The van der Waals surface area contributed by atoms with Gasteiger partial charge >= 0.3 is 5.97 Å². The largest absolute Gasteiger partial charge is 0.494 e. The van der Waals surface area contributed by atoms with Gasteiger partial charge in [0.2, 0.25) is 0 Å². The number of ether oxygens (including phenoxy) is 2. The minimum Gasteiger partial charge on any atom is -0.494 e. The Bertz CT molecular complexity index is 630. The Morgan fingerprint density at radius 1 is 1.33 bits per heavy atom. The van der Waals surface area contributed by atoms with Crippen LogP contribution in [0.3, 0.4) is 0 Å². The van der Waals surface area contributed by atoms with Crippen molar-refractivity contribution >= 4 is 44.4 Å². The van der Waals surface area contributed by atoms with E-state index in [9.17, 15) is 4.79 Å². The summed E-state index contributed by atoms with van der Waals surface area (Å²) in [7, 11) is 2.84. The first kappa shape index (κ1) is 13.1. The number of esters is 1. The van der Waals surface area contributed by atoms with E-state index in [0.29, 0.717) is 26.5 Å². The highest BCUT2D eigenvalue weighted by atomic mass is 79.9. The maximum absolute atomic E-state index is 11.5. The topological polar surface area (TPSA) is 48.4 Å². The minimum atomic E-state index is -0.429. The fourth-order valence-electron chi connectivity index (χ4n) is 1.60. The van der Waals surface area contributed by atoms with Crippen molar-refractivity contribution in [1.29, 1.82) is 0 Å². The predicted molar refractivity (Wildman–Crippen MR) is 72.3 cm³/mol. The Balaban J connectivity index is 2.75. The molecule has 18 heavy (non-hydrogen) atoms. The highest BCUT2D eigenvalue weighted by Gasteiger charge is 2.13. The quantitative estimate of drug-likeness (QED) is 0.625. The van der Waals surface area contributed by atoms with E-state index in [4.69, 9.17) is 16.3 Å². The van der Waals surface area contributed by atoms with Crippen molar-refractivity contribution in [2.24, 2.45) is 0 Å². The zero-order valence-electron chi connectivity index (χ0n) is 9.66. The molecule has 0 N–H and O–H groups in total. The lowest BCUT2D eigenvalue weighted by Crippen LogP contribution is -2.02. The number of methoxy groups -OCH3 is 2. The van der Waals surface area contributed by atoms with Gasteiger partial charge in [-0.1, -0.05) is 11.6 Å². The monoisotopic (exact) mass is 329 g/mol. The number of hydrogen-bond donors (Lipinski definition) is 0. The predicted octanol–water partition coefficient (Wildman–Crippen LogP) is 3.45. The van der Waals surface area contributed by atoms with Gasteiger partial charge in [-0.05, 0) is 34.1 Å². The van der Waals surface area contributed by atoms with Crippen LogP contribution in [0, 0.1) is 0 Å². The number of pyridine rings is 1. The standard InChI is InChI=1S/C12H9BrClNO3/c1-17-9-5-7(12(16)18-2)3-6-4-8(13)11(14)15-10(6)9/h3-5H,1-2H3. The molecule has 1 heterocycles. The second-order valence-electron chi connectivity index (χ2n) is 3.50. The van der Waals surface area contributed by atoms with Crippen LogP contribution in [0.1, 0.15) is 10.4 Å². The van der Waals surface area contributed by atoms with Gasteiger partial charge in [0.15, 0.2) is 0 Å². The van der Waals surface area contributed by atoms with E-state index in [-0.39, 0.29) is 0 Å². The van der Waals surface area contributed by atoms with Crippen molar-refractivity contribution in [3.8, 4) is 5.75 Å². The normalized spacial score (nSPS) is 10.4. The number of fused-ring (bicyclic) bond motifs is 1. The van der Waals surface area contributed by atoms with Crippen LogP contribution in [0.15, 0.2) is 22.7 Å². The van der Waals surface area contributed by atoms with Gasteiger partial charge in [0.05, 0.1) is 24.3 Å². The van der Waals surface area contributed by atoms with Crippen molar-refractivity contribution in [1.82, 2.24) is 4.98 Å². The summed E-state index contributed by atoms with van der Waals surface area (Å²) in [6.45, 7) is 0. The summed E-state index contributed by atoms with van der Waals surface area (Å²) in [5.41, 5.74) is 0.997. The van der Waals surface area contributed by atoms with Crippen LogP contribution in [0.25, 0.3) is 10.9 Å². The molecule has 1 aromatic heterocycles. The summed E-state index contributed by atoms with van der Waals surface area (Å²) in [6, 6.07) is 5.03.